The van der Waals surface area contributed by atoms with E-state index in [9.17, 15) is 44.0 Å². The summed E-state index contributed by atoms with van der Waals surface area (Å²) in [5.41, 5.74) is 2.43. The Labute approximate surface area is 403 Å². The SMILES string of the molecule is CCCC[C@@H]1CN(c2ccccc2)c2cc(SC)c(OCC(F)(F)C(=O)O)cc2S(=O)(=O)N1C.CCCC[C@H]1CN(c2ccccc2)c2cc(SC)c(OCC(F)(F)C(=O)O)cc2S(=O)(=O)N1C. The number of unbranched alkanes of at least 4 members (excludes halogenated alkanes) is 2. The summed E-state index contributed by atoms with van der Waals surface area (Å²) in [6.07, 6.45) is 8.25. The molecule has 2 aliphatic heterocycles. The second kappa shape index (κ2) is 22.8. The van der Waals surface area contributed by atoms with E-state index in [0.717, 1.165) is 37.1 Å². The van der Waals surface area contributed by atoms with Crippen LogP contribution in [0.25, 0.3) is 0 Å². The minimum atomic E-state index is -4.11. The first kappa shape index (κ1) is 54.2. The molecule has 68 heavy (non-hydrogen) atoms. The average Bonchev–Trinajstić information content (AvgIpc) is 3.45. The number of alkyl halides is 4. The predicted molar refractivity (Wildman–Crippen MR) is 256 cm³/mol. The van der Waals surface area contributed by atoms with Crippen molar-refractivity contribution in [2.24, 2.45) is 0 Å². The molecule has 2 aliphatic rings. The number of anilines is 4. The quantitative estimate of drug-likeness (QED) is 0.0712. The first-order chi connectivity index (χ1) is 32.0. The normalized spacial score (nSPS) is 18.3. The molecule has 4 aromatic carbocycles. The zero-order valence-corrected chi connectivity index (χ0v) is 41.7. The molecule has 0 spiro atoms. The second-order valence-corrected chi connectivity index (χ2v) is 21.7. The van der Waals surface area contributed by atoms with Crippen LogP contribution >= 0.6 is 23.5 Å². The van der Waals surface area contributed by atoms with Crippen LogP contribution in [0, 0.1) is 0 Å². The highest BCUT2D eigenvalue weighted by Crippen LogP contribution is 2.45. The van der Waals surface area contributed by atoms with Gasteiger partial charge < -0.3 is 29.5 Å². The summed E-state index contributed by atoms with van der Waals surface area (Å²) in [6, 6.07) is 23.8. The monoisotopic (exact) mass is 1030 g/mol. The van der Waals surface area contributed by atoms with Gasteiger partial charge in [0.25, 0.3) is 0 Å². The summed E-state index contributed by atoms with van der Waals surface area (Å²) >= 11 is 2.39. The molecule has 14 nitrogen and oxygen atoms in total. The highest BCUT2D eigenvalue weighted by molar-refractivity contribution is 7.99. The maximum absolute atomic E-state index is 13.7. The summed E-state index contributed by atoms with van der Waals surface area (Å²) in [5, 5.41) is 17.4. The van der Waals surface area contributed by atoms with Gasteiger partial charge in [-0.15, -0.1) is 23.5 Å². The van der Waals surface area contributed by atoms with Crippen LogP contribution < -0.4 is 19.3 Å². The molecule has 0 bridgehead atoms. The van der Waals surface area contributed by atoms with Crippen molar-refractivity contribution in [1.29, 1.82) is 0 Å². The minimum Gasteiger partial charge on any atom is -0.485 e. The first-order valence-electron chi connectivity index (χ1n) is 21.6. The van der Waals surface area contributed by atoms with Gasteiger partial charge >= 0.3 is 23.8 Å². The third kappa shape index (κ3) is 12.2. The van der Waals surface area contributed by atoms with Gasteiger partial charge in [-0.25, -0.2) is 26.4 Å². The van der Waals surface area contributed by atoms with Crippen molar-refractivity contribution in [3.05, 3.63) is 84.9 Å². The van der Waals surface area contributed by atoms with Gasteiger partial charge in [-0.1, -0.05) is 75.9 Å². The van der Waals surface area contributed by atoms with Gasteiger partial charge in [0.05, 0.1) is 21.2 Å². The number of carboxylic acids is 2. The van der Waals surface area contributed by atoms with Crippen molar-refractivity contribution in [2.75, 3.05) is 62.7 Å². The van der Waals surface area contributed by atoms with E-state index in [4.69, 9.17) is 19.7 Å². The minimum absolute atomic E-state index is 0.0794. The van der Waals surface area contributed by atoms with Crippen LogP contribution in [0.15, 0.2) is 105 Å². The lowest BCUT2D eigenvalue weighted by atomic mass is 10.1. The Bertz CT molecular complexity index is 2440. The highest BCUT2D eigenvalue weighted by Gasteiger charge is 2.43. The average molecular weight is 1030 g/mol. The van der Waals surface area contributed by atoms with Crippen LogP contribution in [-0.2, 0) is 29.6 Å². The topological polar surface area (TPSA) is 174 Å². The van der Waals surface area contributed by atoms with Gasteiger partial charge in [0, 0.05) is 62.8 Å². The van der Waals surface area contributed by atoms with Gasteiger partial charge in [-0.3, -0.25) is 0 Å². The van der Waals surface area contributed by atoms with E-state index in [-0.39, 0.29) is 33.4 Å². The van der Waals surface area contributed by atoms with E-state index >= 15 is 0 Å². The molecule has 0 aliphatic carbocycles. The lowest BCUT2D eigenvalue weighted by Gasteiger charge is -2.29. The highest BCUT2D eigenvalue weighted by atomic mass is 32.2. The Balaban J connectivity index is 0.000000254. The number of likely N-dealkylation sites (N-methyl/N-ethyl adjacent to an activating group) is 2. The molecule has 0 saturated heterocycles. The zero-order chi connectivity index (χ0) is 50.2. The lowest BCUT2D eigenvalue weighted by Crippen LogP contribution is -2.40. The molecule has 372 valence electrons. The van der Waals surface area contributed by atoms with Crippen LogP contribution in [0.1, 0.15) is 52.4 Å². The zero-order valence-electron chi connectivity index (χ0n) is 38.4. The van der Waals surface area contributed by atoms with Crippen LogP contribution in [0.4, 0.5) is 40.3 Å². The molecule has 0 radical (unpaired) electrons. The first-order valence-corrected chi connectivity index (χ1v) is 26.9. The molecule has 22 heteroatoms. The summed E-state index contributed by atoms with van der Waals surface area (Å²) in [7, 11) is -4.95. The number of thioether (sulfide) groups is 2. The van der Waals surface area contributed by atoms with Gasteiger partial charge in [-0.2, -0.15) is 26.2 Å². The van der Waals surface area contributed by atoms with Gasteiger partial charge in [0.1, 0.15) is 21.3 Å². The Kier molecular flexibility index (Phi) is 18.2. The number of para-hydroxylation sites is 2. The molecule has 0 fully saturated rings. The van der Waals surface area contributed by atoms with E-state index in [1.54, 1.807) is 24.6 Å². The fourth-order valence-corrected chi connectivity index (χ4v) is 11.8. The Morgan fingerprint density at radius 2 is 0.971 bits per heavy atom. The number of aliphatic carboxylic acids is 2. The Hall–Kier alpha value is -4.74. The Morgan fingerprint density at radius 3 is 1.26 bits per heavy atom. The number of fused-ring (bicyclic) bond motifs is 2. The second-order valence-electron chi connectivity index (χ2n) is 16.1. The number of halogens is 4. The number of hydrogen-bond acceptors (Lipinski definition) is 12. The van der Waals surface area contributed by atoms with E-state index in [2.05, 4.69) is 0 Å². The lowest BCUT2D eigenvalue weighted by molar-refractivity contribution is -0.169. The predicted octanol–water partition coefficient (Wildman–Crippen LogP) is 9.68. The third-order valence-corrected chi connectivity index (χ3v) is 17.0. The fraction of sp³-hybridized carbons (Fsp3) is 0.435. The van der Waals surface area contributed by atoms with Crippen molar-refractivity contribution in [3.8, 4) is 11.5 Å². The standard InChI is InChI=1S/2C23H28F2N2O5S2/c2*1-4-5-9-17-14-27(16-10-7-6-8-11-16)18-12-20(33-3)19(32-15-23(24,25)22(28)29)13-21(18)34(30,31)26(17)2/h2*6-8,10-13,17H,4-5,9,14-15H2,1-3H3,(H,28,29)/t2*17-/m10/s1. The summed E-state index contributed by atoms with van der Waals surface area (Å²) in [4.78, 5) is 26.1. The number of ether oxygens (including phenoxy) is 2. The molecular weight excluding hydrogens is 973 g/mol. The van der Waals surface area contributed by atoms with Gasteiger partial charge in [-0.05, 0) is 61.8 Å². The molecular formula is C46H56F4N4O10S4. The maximum Gasteiger partial charge on any atom is 0.378 e. The van der Waals surface area contributed by atoms with Crippen molar-refractivity contribution >= 4 is 78.3 Å². The molecule has 0 unspecified atom stereocenters. The Morgan fingerprint density at radius 1 is 0.632 bits per heavy atom. The van der Waals surface area contributed by atoms with Gasteiger partial charge in [0.15, 0.2) is 13.2 Å². The smallest absolute Gasteiger partial charge is 0.378 e. The fourth-order valence-electron chi connectivity index (χ4n) is 7.58. The summed E-state index contributed by atoms with van der Waals surface area (Å²) in [6.45, 7) is 2.08. The number of nitrogens with zero attached hydrogens (tertiary/aromatic N) is 4. The summed E-state index contributed by atoms with van der Waals surface area (Å²) in [5.74, 6) is -13.1. The molecule has 4 aromatic rings. The van der Waals surface area contributed by atoms with E-state index in [0.29, 0.717) is 47.1 Å². The van der Waals surface area contributed by atoms with Crippen molar-refractivity contribution in [3.63, 3.8) is 0 Å². The van der Waals surface area contributed by atoms with E-state index < -0.39 is 57.0 Å². The molecule has 2 N–H and O–H groups in total. The molecule has 6 rings (SSSR count). The van der Waals surface area contributed by atoms with E-state index in [1.807, 2.05) is 84.3 Å². The van der Waals surface area contributed by atoms with Crippen molar-refractivity contribution < 1.29 is 63.7 Å². The third-order valence-electron chi connectivity index (χ3n) is 11.6. The number of sulfonamides is 2. The van der Waals surface area contributed by atoms with Crippen LogP contribution in [0.2, 0.25) is 0 Å². The number of carboxylic acid groups (broad SMARTS) is 2. The number of rotatable bonds is 18. The van der Waals surface area contributed by atoms with Crippen molar-refractivity contribution in [1.82, 2.24) is 8.61 Å². The molecule has 0 aromatic heterocycles. The van der Waals surface area contributed by atoms with Crippen LogP contribution in [0.5, 0.6) is 11.5 Å². The number of carbonyl (C=O) groups is 2. The summed E-state index contributed by atoms with van der Waals surface area (Å²) < 4.78 is 122. The maximum atomic E-state index is 13.7. The number of benzene rings is 4. The largest absolute Gasteiger partial charge is 0.485 e. The van der Waals surface area contributed by atoms with Crippen LogP contribution in [0.3, 0.4) is 0 Å². The van der Waals surface area contributed by atoms with Crippen LogP contribution in [-0.4, -0.2) is 124 Å². The molecule has 0 saturated carbocycles. The molecule has 0 amide bonds. The van der Waals surface area contributed by atoms with Crippen molar-refractivity contribution in [2.45, 2.75) is 95.9 Å². The molecule has 2 atom stereocenters. The molecule has 2 heterocycles. The number of hydrogen-bond donors (Lipinski definition) is 2. The van der Waals surface area contributed by atoms with E-state index in [1.165, 1.54) is 58.4 Å². The van der Waals surface area contributed by atoms with Gasteiger partial charge in [0.2, 0.25) is 20.0 Å².